The first-order valence-electron chi connectivity index (χ1n) is 6.42. The number of anilines is 2. The van der Waals surface area contributed by atoms with Gasteiger partial charge in [0.1, 0.15) is 0 Å². The molecule has 0 aliphatic carbocycles. The van der Waals surface area contributed by atoms with Crippen molar-refractivity contribution in [1.82, 2.24) is 19.5 Å². The fourth-order valence-electron chi connectivity index (χ4n) is 2.36. The molecule has 4 rings (SSSR count). The van der Waals surface area contributed by atoms with Gasteiger partial charge in [-0.25, -0.2) is 9.97 Å². The highest BCUT2D eigenvalue weighted by atomic mass is 15.1. The summed E-state index contributed by atoms with van der Waals surface area (Å²) in [4.78, 5) is 12.1. The fourth-order valence-corrected chi connectivity index (χ4v) is 2.36. The van der Waals surface area contributed by atoms with Gasteiger partial charge in [0.2, 0.25) is 5.95 Å². The third kappa shape index (κ3) is 1.72. The Balaban J connectivity index is 1.72. The van der Waals surface area contributed by atoms with Gasteiger partial charge in [-0.15, -0.1) is 0 Å². The van der Waals surface area contributed by atoms with Crippen LogP contribution in [0.2, 0.25) is 0 Å². The number of hydrogen-bond donors (Lipinski definition) is 2. The minimum absolute atomic E-state index is 0.737. The summed E-state index contributed by atoms with van der Waals surface area (Å²) in [5.74, 6) is 0.737. The van der Waals surface area contributed by atoms with E-state index in [4.69, 9.17) is 0 Å². The van der Waals surface area contributed by atoms with E-state index in [1.165, 1.54) is 0 Å². The number of para-hydroxylation sites is 2. The summed E-state index contributed by atoms with van der Waals surface area (Å²) in [6.45, 7) is 0. The molecule has 0 radical (unpaired) electrons. The lowest BCUT2D eigenvalue weighted by Gasteiger charge is -2.02. The van der Waals surface area contributed by atoms with E-state index in [9.17, 15) is 0 Å². The van der Waals surface area contributed by atoms with Crippen molar-refractivity contribution in [3.8, 4) is 0 Å². The number of hydrogen-bond acceptors (Lipinski definition) is 3. The van der Waals surface area contributed by atoms with Crippen LogP contribution in [0.25, 0.3) is 22.1 Å². The van der Waals surface area contributed by atoms with Crippen LogP contribution in [0.4, 0.5) is 11.6 Å². The maximum absolute atomic E-state index is 4.50. The van der Waals surface area contributed by atoms with Crippen LogP contribution in [0.5, 0.6) is 0 Å². The Kier molecular flexibility index (Phi) is 2.26. The van der Waals surface area contributed by atoms with Crippen LogP contribution in [0.3, 0.4) is 0 Å². The predicted octanol–water partition coefficient (Wildman–Crippen LogP) is 3.19. The van der Waals surface area contributed by atoms with Crippen LogP contribution >= 0.6 is 0 Å². The molecule has 0 amide bonds. The van der Waals surface area contributed by atoms with E-state index in [0.717, 1.165) is 33.7 Å². The van der Waals surface area contributed by atoms with Gasteiger partial charge in [0, 0.05) is 12.7 Å². The first-order chi connectivity index (χ1) is 9.79. The number of rotatable bonds is 2. The van der Waals surface area contributed by atoms with Crippen LogP contribution in [0.1, 0.15) is 0 Å². The molecular formula is C15H13N5. The third-order valence-electron chi connectivity index (χ3n) is 3.38. The molecular weight excluding hydrogens is 250 g/mol. The van der Waals surface area contributed by atoms with Crippen molar-refractivity contribution in [3.63, 3.8) is 0 Å². The van der Waals surface area contributed by atoms with Crippen molar-refractivity contribution in [2.45, 2.75) is 0 Å². The normalized spacial score (nSPS) is 11.2. The molecule has 5 heteroatoms. The zero-order valence-corrected chi connectivity index (χ0v) is 11.0. The standard InChI is InChI=1S/C15H13N5/c1-20-9-16-13-8-10(6-7-14(13)20)17-15-18-11-4-2-3-5-12(11)19-15/h2-9H,1H3,(H2,17,18,19). The molecule has 2 heterocycles. The lowest BCUT2D eigenvalue weighted by Crippen LogP contribution is -1.92. The Morgan fingerprint density at radius 1 is 1.10 bits per heavy atom. The van der Waals surface area contributed by atoms with Gasteiger partial charge in [-0.1, -0.05) is 12.1 Å². The molecule has 20 heavy (non-hydrogen) atoms. The predicted molar refractivity (Wildman–Crippen MR) is 80.1 cm³/mol. The number of aromatic nitrogens is 4. The van der Waals surface area contributed by atoms with Crippen molar-refractivity contribution in [1.29, 1.82) is 0 Å². The maximum Gasteiger partial charge on any atom is 0.205 e. The summed E-state index contributed by atoms with van der Waals surface area (Å²) < 4.78 is 2.00. The second-order valence-electron chi connectivity index (χ2n) is 4.79. The molecule has 0 unspecified atom stereocenters. The minimum atomic E-state index is 0.737. The van der Waals surface area contributed by atoms with Crippen molar-refractivity contribution in [2.24, 2.45) is 7.05 Å². The number of fused-ring (bicyclic) bond motifs is 2. The van der Waals surface area contributed by atoms with Gasteiger partial charge < -0.3 is 14.9 Å². The van der Waals surface area contributed by atoms with E-state index >= 15 is 0 Å². The van der Waals surface area contributed by atoms with E-state index in [0.29, 0.717) is 0 Å². The zero-order valence-electron chi connectivity index (χ0n) is 11.0. The molecule has 0 saturated carbocycles. The first kappa shape index (κ1) is 11.0. The van der Waals surface area contributed by atoms with Crippen molar-refractivity contribution >= 4 is 33.7 Å². The summed E-state index contributed by atoms with van der Waals surface area (Å²) in [5, 5.41) is 3.28. The lowest BCUT2D eigenvalue weighted by molar-refractivity contribution is 0.948. The summed E-state index contributed by atoms with van der Waals surface area (Å²) in [6, 6.07) is 14.1. The van der Waals surface area contributed by atoms with E-state index in [1.807, 2.05) is 60.4 Å². The lowest BCUT2D eigenvalue weighted by atomic mass is 10.3. The van der Waals surface area contributed by atoms with E-state index in [2.05, 4.69) is 20.3 Å². The maximum atomic E-state index is 4.50. The largest absolute Gasteiger partial charge is 0.334 e. The van der Waals surface area contributed by atoms with Crippen molar-refractivity contribution in [3.05, 3.63) is 48.8 Å². The Bertz CT molecular complexity index is 870. The first-order valence-corrected chi connectivity index (χ1v) is 6.42. The summed E-state index contributed by atoms with van der Waals surface area (Å²) in [6.07, 6.45) is 1.82. The zero-order chi connectivity index (χ0) is 13.5. The highest BCUT2D eigenvalue weighted by molar-refractivity contribution is 5.82. The van der Waals surface area contributed by atoms with E-state index < -0.39 is 0 Å². The Hall–Kier alpha value is -2.82. The fraction of sp³-hybridized carbons (Fsp3) is 0.0667. The number of nitrogens with zero attached hydrogens (tertiary/aromatic N) is 3. The molecule has 0 spiro atoms. The SMILES string of the molecule is Cn1cnc2cc(Nc3nc4ccccc4[nH]3)ccc21. The molecule has 0 atom stereocenters. The van der Waals surface area contributed by atoms with Gasteiger partial charge in [-0.2, -0.15) is 0 Å². The second-order valence-corrected chi connectivity index (χ2v) is 4.79. The number of benzene rings is 2. The smallest absolute Gasteiger partial charge is 0.205 e. The Morgan fingerprint density at radius 3 is 2.90 bits per heavy atom. The molecule has 2 aromatic carbocycles. The Morgan fingerprint density at radius 2 is 2.00 bits per heavy atom. The minimum Gasteiger partial charge on any atom is -0.334 e. The number of imidazole rings is 2. The van der Waals surface area contributed by atoms with Crippen LogP contribution in [-0.2, 0) is 7.05 Å². The van der Waals surface area contributed by atoms with Crippen LogP contribution in [0, 0.1) is 0 Å². The summed E-state index contributed by atoms with van der Waals surface area (Å²) >= 11 is 0. The molecule has 0 aliphatic rings. The third-order valence-corrected chi connectivity index (χ3v) is 3.38. The van der Waals surface area contributed by atoms with Crippen LogP contribution in [-0.4, -0.2) is 19.5 Å². The molecule has 5 nitrogen and oxygen atoms in total. The van der Waals surface area contributed by atoms with Crippen LogP contribution < -0.4 is 5.32 Å². The Labute approximate surface area is 115 Å². The van der Waals surface area contributed by atoms with Gasteiger partial charge in [0.15, 0.2) is 0 Å². The highest BCUT2D eigenvalue weighted by Gasteiger charge is 2.04. The monoisotopic (exact) mass is 263 g/mol. The summed E-state index contributed by atoms with van der Waals surface area (Å²) in [5.41, 5.74) is 5.02. The second kappa shape index (κ2) is 4.09. The molecule has 0 saturated heterocycles. The number of aromatic amines is 1. The molecule has 98 valence electrons. The molecule has 2 aromatic heterocycles. The van der Waals surface area contributed by atoms with Crippen molar-refractivity contribution in [2.75, 3.05) is 5.32 Å². The molecule has 0 aliphatic heterocycles. The number of H-pyrrole nitrogens is 1. The summed E-state index contributed by atoms with van der Waals surface area (Å²) in [7, 11) is 1.99. The van der Waals surface area contributed by atoms with Gasteiger partial charge in [-0.3, -0.25) is 0 Å². The van der Waals surface area contributed by atoms with E-state index in [1.54, 1.807) is 0 Å². The van der Waals surface area contributed by atoms with Gasteiger partial charge in [0.25, 0.3) is 0 Å². The molecule has 4 aromatic rings. The van der Waals surface area contributed by atoms with Gasteiger partial charge in [0.05, 0.1) is 28.4 Å². The van der Waals surface area contributed by atoms with Crippen molar-refractivity contribution < 1.29 is 0 Å². The van der Waals surface area contributed by atoms with Crippen LogP contribution in [0.15, 0.2) is 48.8 Å². The molecule has 0 fully saturated rings. The molecule has 0 bridgehead atoms. The average molecular weight is 263 g/mol. The number of nitrogens with one attached hydrogen (secondary N) is 2. The molecule has 2 N–H and O–H groups in total. The number of aryl methyl sites for hydroxylation is 1. The topological polar surface area (TPSA) is 58.5 Å². The van der Waals surface area contributed by atoms with Gasteiger partial charge >= 0.3 is 0 Å². The quantitative estimate of drug-likeness (QED) is 0.584. The highest BCUT2D eigenvalue weighted by Crippen LogP contribution is 2.21. The van der Waals surface area contributed by atoms with E-state index in [-0.39, 0.29) is 0 Å². The van der Waals surface area contributed by atoms with Gasteiger partial charge in [-0.05, 0) is 30.3 Å². The average Bonchev–Trinajstić information content (AvgIpc) is 3.02.